The number of hydrogen-bond acceptors (Lipinski definition) is 5. The number of alkyl halides is 3. The number of halogens is 3. The average Bonchev–Trinajstić information content (AvgIpc) is 2.82. The molecule has 6 nitrogen and oxygen atoms in total. The number of benzene rings is 2. The number of carbonyl (C=O) groups is 1. The lowest BCUT2D eigenvalue weighted by Crippen LogP contribution is -2.48. The van der Waals surface area contributed by atoms with Gasteiger partial charge in [0.15, 0.2) is 18.1 Å². The number of piperazine rings is 1. The summed E-state index contributed by atoms with van der Waals surface area (Å²) < 4.78 is 52.3. The second kappa shape index (κ2) is 11.3. The predicted molar refractivity (Wildman–Crippen MR) is 118 cm³/mol. The highest BCUT2D eigenvalue weighted by molar-refractivity contribution is 5.76. The highest BCUT2D eigenvalue weighted by atomic mass is 19.4. The molecule has 33 heavy (non-hydrogen) atoms. The van der Waals surface area contributed by atoms with Gasteiger partial charge in [-0.2, -0.15) is 13.2 Å². The van der Waals surface area contributed by atoms with Crippen LogP contribution in [0.4, 0.5) is 13.2 Å². The number of nitrogens with zero attached hydrogens (tertiary/aromatic N) is 2. The maximum atomic E-state index is 12.7. The number of amides is 1. The lowest BCUT2D eigenvalue weighted by molar-refractivity contribution is -0.153. The van der Waals surface area contributed by atoms with Crippen LogP contribution in [-0.2, 0) is 17.8 Å². The van der Waals surface area contributed by atoms with Crippen molar-refractivity contribution in [1.82, 2.24) is 9.80 Å². The minimum atomic E-state index is -4.42. The van der Waals surface area contributed by atoms with E-state index in [-0.39, 0.29) is 17.4 Å². The van der Waals surface area contributed by atoms with Crippen molar-refractivity contribution in [2.75, 3.05) is 47.0 Å². The Balaban J connectivity index is 1.45. The molecule has 9 heteroatoms. The SMILES string of the molecule is COc1ccc(CN2CCN(C(=O)CCc3ccc(OCC(F)(F)F)c(OC)c3)CC2)cc1. The van der Waals surface area contributed by atoms with Gasteiger partial charge in [-0.05, 0) is 41.8 Å². The van der Waals surface area contributed by atoms with Crippen LogP contribution in [0.5, 0.6) is 17.2 Å². The fraction of sp³-hybridized carbons (Fsp3) is 0.458. The zero-order valence-corrected chi connectivity index (χ0v) is 18.9. The van der Waals surface area contributed by atoms with Gasteiger partial charge in [-0.3, -0.25) is 9.69 Å². The van der Waals surface area contributed by atoms with E-state index in [0.717, 1.165) is 30.9 Å². The first-order valence-electron chi connectivity index (χ1n) is 10.8. The van der Waals surface area contributed by atoms with E-state index in [4.69, 9.17) is 14.2 Å². The molecule has 3 rings (SSSR count). The van der Waals surface area contributed by atoms with Crippen LogP contribution in [0.25, 0.3) is 0 Å². The predicted octanol–water partition coefficient (Wildman–Crippen LogP) is 3.92. The van der Waals surface area contributed by atoms with Gasteiger partial charge in [0, 0.05) is 39.1 Å². The molecule has 2 aromatic rings. The van der Waals surface area contributed by atoms with E-state index < -0.39 is 12.8 Å². The summed E-state index contributed by atoms with van der Waals surface area (Å²) in [5.74, 6) is 1.14. The van der Waals surface area contributed by atoms with Crippen molar-refractivity contribution in [2.24, 2.45) is 0 Å². The molecule has 0 atom stereocenters. The first-order chi connectivity index (χ1) is 15.8. The van der Waals surface area contributed by atoms with Crippen LogP contribution in [0.2, 0.25) is 0 Å². The minimum absolute atomic E-state index is 0.0258. The van der Waals surface area contributed by atoms with Gasteiger partial charge in [-0.15, -0.1) is 0 Å². The Labute approximate surface area is 191 Å². The van der Waals surface area contributed by atoms with Gasteiger partial charge >= 0.3 is 6.18 Å². The summed E-state index contributed by atoms with van der Waals surface area (Å²) in [7, 11) is 3.01. The molecular formula is C24H29F3N2O4. The monoisotopic (exact) mass is 466 g/mol. The summed E-state index contributed by atoms with van der Waals surface area (Å²) in [6.07, 6.45) is -3.63. The van der Waals surface area contributed by atoms with E-state index in [1.807, 2.05) is 29.2 Å². The van der Waals surface area contributed by atoms with Crippen LogP contribution in [-0.4, -0.2) is 68.9 Å². The number of aryl methyl sites for hydroxylation is 1. The number of hydrogen-bond donors (Lipinski definition) is 0. The van der Waals surface area contributed by atoms with Crippen molar-refractivity contribution in [3.05, 3.63) is 53.6 Å². The number of methoxy groups -OCH3 is 2. The summed E-state index contributed by atoms with van der Waals surface area (Å²) in [5.41, 5.74) is 2.00. The molecule has 1 fully saturated rings. The quantitative estimate of drug-likeness (QED) is 0.561. The Morgan fingerprint density at radius 1 is 0.909 bits per heavy atom. The molecule has 1 saturated heterocycles. The molecule has 0 radical (unpaired) electrons. The van der Waals surface area contributed by atoms with Gasteiger partial charge in [0.25, 0.3) is 0 Å². The molecule has 2 aromatic carbocycles. The third-order valence-corrected chi connectivity index (χ3v) is 5.54. The molecule has 0 bridgehead atoms. The van der Waals surface area contributed by atoms with Gasteiger partial charge in [0.05, 0.1) is 14.2 Å². The van der Waals surface area contributed by atoms with E-state index in [9.17, 15) is 18.0 Å². The fourth-order valence-corrected chi connectivity index (χ4v) is 3.70. The normalized spacial score (nSPS) is 14.8. The largest absolute Gasteiger partial charge is 0.497 e. The van der Waals surface area contributed by atoms with Crippen molar-refractivity contribution in [3.63, 3.8) is 0 Å². The van der Waals surface area contributed by atoms with Gasteiger partial charge in [0.2, 0.25) is 5.91 Å². The molecule has 1 aliphatic heterocycles. The minimum Gasteiger partial charge on any atom is -0.497 e. The maximum absolute atomic E-state index is 12.7. The third-order valence-electron chi connectivity index (χ3n) is 5.54. The average molecular weight is 467 g/mol. The van der Waals surface area contributed by atoms with Crippen molar-refractivity contribution in [3.8, 4) is 17.2 Å². The van der Waals surface area contributed by atoms with Crippen molar-refractivity contribution < 1.29 is 32.2 Å². The summed E-state index contributed by atoms with van der Waals surface area (Å²) in [6, 6.07) is 12.7. The van der Waals surface area contributed by atoms with Gasteiger partial charge in [0.1, 0.15) is 5.75 Å². The van der Waals surface area contributed by atoms with E-state index in [2.05, 4.69) is 4.90 Å². The lowest BCUT2D eigenvalue weighted by Gasteiger charge is -2.35. The van der Waals surface area contributed by atoms with Crippen LogP contribution >= 0.6 is 0 Å². The zero-order chi connectivity index (χ0) is 23.8. The summed E-state index contributed by atoms with van der Waals surface area (Å²) in [4.78, 5) is 16.8. The van der Waals surface area contributed by atoms with E-state index >= 15 is 0 Å². The number of ether oxygens (including phenoxy) is 3. The number of rotatable bonds is 9. The second-order valence-corrected chi connectivity index (χ2v) is 7.89. The molecule has 1 amide bonds. The Kier molecular flexibility index (Phi) is 8.43. The van der Waals surface area contributed by atoms with E-state index in [0.29, 0.717) is 25.9 Å². The van der Waals surface area contributed by atoms with Crippen molar-refractivity contribution in [1.29, 1.82) is 0 Å². The first kappa shape index (κ1) is 24.7. The maximum Gasteiger partial charge on any atom is 0.422 e. The smallest absolute Gasteiger partial charge is 0.422 e. The van der Waals surface area contributed by atoms with Crippen LogP contribution in [0.1, 0.15) is 17.5 Å². The molecule has 0 unspecified atom stereocenters. The molecule has 1 heterocycles. The summed E-state index contributed by atoms with van der Waals surface area (Å²) in [5, 5.41) is 0. The Morgan fingerprint density at radius 2 is 1.58 bits per heavy atom. The molecule has 1 aliphatic rings. The van der Waals surface area contributed by atoms with Gasteiger partial charge in [-0.25, -0.2) is 0 Å². The Hall–Kier alpha value is -2.94. The standard InChI is InChI=1S/C24H29F3N2O4/c1-31-20-7-3-19(4-8-20)16-28-11-13-29(14-12-28)23(30)10-6-18-5-9-21(22(15-18)32-2)33-17-24(25,26)27/h3-5,7-9,15H,6,10-14,16-17H2,1-2H3. The van der Waals surface area contributed by atoms with Gasteiger partial charge in [-0.1, -0.05) is 18.2 Å². The lowest BCUT2D eigenvalue weighted by atomic mass is 10.1. The van der Waals surface area contributed by atoms with Crippen LogP contribution < -0.4 is 14.2 Å². The second-order valence-electron chi connectivity index (χ2n) is 7.89. The van der Waals surface area contributed by atoms with E-state index in [1.54, 1.807) is 19.2 Å². The van der Waals surface area contributed by atoms with Crippen molar-refractivity contribution >= 4 is 5.91 Å². The molecular weight excluding hydrogens is 437 g/mol. The Morgan fingerprint density at radius 3 is 2.18 bits per heavy atom. The molecule has 0 N–H and O–H groups in total. The first-order valence-corrected chi connectivity index (χ1v) is 10.8. The Bertz CT molecular complexity index is 911. The van der Waals surface area contributed by atoms with Crippen LogP contribution in [0.15, 0.2) is 42.5 Å². The van der Waals surface area contributed by atoms with Crippen LogP contribution in [0, 0.1) is 0 Å². The van der Waals surface area contributed by atoms with Crippen LogP contribution in [0.3, 0.4) is 0 Å². The van der Waals surface area contributed by atoms with Crippen molar-refractivity contribution in [2.45, 2.75) is 25.6 Å². The molecule has 0 saturated carbocycles. The molecule has 0 spiro atoms. The topological polar surface area (TPSA) is 51.2 Å². The van der Waals surface area contributed by atoms with Gasteiger partial charge < -0.3 is 19.1 Å². The van der Waals surface area contributed by atoms with E-state index in [1.165, 1.54) is 18.7 Å². The molecule has 0 aromatic heterocycles. The zero-order valence-electron chi connectivity index (χ0n) is 18.9. The molecule has 0 aliphatic carbocycles. The third kappa shape index (κ3) is 7.56. The fourth-order valence-electron chi connectivity index (χ4n) is 3.70. The summed E-state index contributed by atoms with van der Waals surface area (Å²) in [6.45, 7) is 2.39. The highest BCUT2D eigenvalue weighted by Gasteiger charge is 2.29. The molecule has 180 valence electrons. The highest BCUT2D eigenvalue weighted by Crippen LogP contribution is 2.30. The number of carbonyl (C=O) groups excluding carboxylic acids is 1. The summed E-state index contributed by atoms with van der Waals surface area (Å²) >= 11 is 0.